The summed E-state index contributed by atoms with van der Waals surface area (Å²) in [6, 6.07) is 15.1. The fourth-order valence-electron chi connectivity index (χ4n) is 2.52. The Morgan fingerprint density at radius 3 is 2.24 bits per heavy atom. The van der Waals surface area contributed by atoms with Crippen LogP contribution in [0.5, 0.6) is 0 Å². The van der Waals surface area contributed by atoms with Crippen molar-refractivity contribution in [3.05, 3.63) is 64.1 Å². The van der Waals surface area contributed by atoms with Crippen molar-refractivity contribution < 1.29 is 9.59 Å². The highest BCUT2D eigenvalue weighted by Crippen LogP contribution is 2.31. The van der Waals surface area contributed by atoms with Crippen LogP contribution in [0.25, 0.3) is 0 Å². The number of hydrogen-bond donors (Lipinski definition) is 0. The summed E-state index contributed by atoms with van der Waals surface area (Å²) in [7, 11) is 0. The summed E-state index contributed by atoms with van der Waals surface area (Å²) in [5, 5.41) is 0. The maximum atomic E-state index is 12.3. The maximum absolute atomic E-state index is 12.3. The van der Waals surface area contributed by atoms with Crippen molar-refractivity contribution in [1.82, 2.24) is 0 Å². The van der Waals surface area contributed by atoms with Crippen LogP contribution in [-0.4, -0.2) is 17.3 Å². The van der Waals surface area contributed by atoms with Gasteiger partial charge in [0.1, 0.15) is 0 Å². The predicted molar refractivity (Wildman–Crippen MR) is 88.1 cm³/mol. The third-order valence-corrected chi connectivity index (χ3v) is 5.08. The second-order valence-corrected chi connectivity index (χ2v) is 7.01. The first kappa shape index (κ1) is 14.5. The molecule has 2 aromatic rings. The minimum absolute atomic E-state index is 0.0227. The first-order valence-corrected chi connectivity index (χ1v) is 8.50. The number of carbonyl (C=O) groups excluding carboxylic acids is 2. The second-order valence-electron chi connectivity index (χ2n) is 4.92. The van der Waals surface area contributed by atoms with Crippen molar-refractivity contribution in [3.8, 4) is 0 Å². The number of benzene rings is 2. The third-order valence-electron chi connectivity index (χ3n) is 3.56. The number of carbonyl (C=O) groups is 2. The summed E-state index contributed by atoms with van der Waals surface area (Å²) < 4.78 is 1.04. The Kier molecular flexibility index (Phi) is 4.27. The zero-order valence-electron chi connectivity index (χ0n) is 11.2. The molecule has 0 saturated heterocycles. The first-order valence-electron chi connectivity index (χ1n) is 6.72. The van der Waals surface area contributed by atoms with Crippen LogP contribution in [0.1, 0.15) is 27.1 Å². The number of fused-ring (bicyclic) bond motifs is 1. The summed E-state index contributed by atoms with van der Waals surface area (Å²) in [4.78, 5) is 25.7. The smallest absolute Gasteiger partial charge is 0.174 e. The Labute approximate surface area is 136 Å². The molecule has 0 heterocycles. The van der Waals surface area contributed by atoms with Crippen LogP contribution < -0.4 is 0 Å². The summed E-state index contributed by atoms with van der Waals surface area (Å²) in [5.41, 5.74) is 1.17. The van der Waals surface area contributed by atoms with Gasteiger partial charge in [0.2, 0.25) is 0 Å². The van der Waals surface area contributed by atoms with Gasteiger partial charge in [-0.1, -0.05) is 46.3 Å². The van der Waals surface area contributed by atoms with Crippen molar-refractivity contribution in [2.24, 2.45) is 5.92 Å². The predicted octanol–water partition coefficient (Wildman–Crippen LogP) is 4.63. The van der Waals surface area contributed by atoms with Crippen molar-refractivity contribution in [2.45, 2.75) is 11.3 Å². The molecule has 0 aliphatic heterocycles. The second kappa shape index (κ2) is 6.16. The standard InChI is InChI=1S/C17H13BrO2S/c18-11-4-3-5-12(10-11)21-9-8-15-16(19)13-6-1-2-7-14(13)17(15)20/h1-7,10,15H,8-9H2. The summed E-state index contributed by atoms with van der Waals surface area (Å²) >= 11 is 5.11. The lowest BCUT2D eigenvalue weighted by Gasteiger charge is -2.06. The average Bonchev–Trinajstić information content (AvgIpc) is 2.73. The fourth-order valence-corrected chi connectivity index (χ4v) is 4.05. The summed E-state index contributed by atoms with van der Waals surface area (Å²) in [5.74, 6) is 0.213. The largest absolute Gasteiger partial charge is 0.293 e. The molecule has 3 rings (SSSR count). The Balaban J connectivity index is 1.65. The highest BCUT2D eigenvalue weighted by Gasteiger charge is 2.37. The number of hydrogen-bond acceptors (Lipinski definition) is 3. The van der Waals surface area contributed by atoms with Gasteiger partial charge in [-0.05, 0) is 30.4 Å². The lowest BCUT2D eigenvalue weighted by Crippen LogP contribution is -2.15. The van der Waals surface area contributed by atoms with Crippen molar-refractivity contribution in [1.29, 1.82) is 0 Å². The molecule has 0 aromatic heterocycles. The van der Waals surface area contributed by atoms with Crippen LogP contribution in [-0.2, 0) is 0 Å². The molecule has 1 aliphatic carbocycles. The van der Waals surface area contributed by atoms with Gasteiger partial charge in [-0.25, -0.2) is 0 Å². The number of rotatable bonds is 4. The zero-order valence-corrected chi connectivity index (χ0v) is 13.6. The van der Waals surface area contributed by atoms with Gasteiger partial charge in [-0.2, -0.15) is 0 Å². The van der Waals surface area contributed by atoms with Crippen LogP contribution >= 0.6 is 27.7 Å². The van der Waals surface area contributed by atoms with E-state index in [0.717, 1.165) is 15.1 Å². The molecule has 0 saturated carbocycles. The topological polar surface area (TPSA) is 34.1 Å². The molecule has 0 fully saturated rings. The molecule has 0 bridgehead atoms. The van der Waals surface area contributed by atoms with E-state index in [9.17, 15) is 9.59 Å². The van der Waals surface area contributed by atoms with Crippen molar-refractivity contribution in [3.63, 3.8) is 0 Å². The number of ketones is 2. The normalized spacial score (nSPS) is 14.5. The van der Waals surface area contributed by atoms with Crippen LogP contribution in [0.15, 0.2) is 57.9 Å². The van der Waals surface area contributed by atoms with Crippen molar-refractivity contribution in [2.75, 3.05) is 5.75 Å². The van der Waals surface area contributed by atoms with Gasteiger partial charge in [-0.3, -0.25) is 9.59 Å². The molecular formula is C17H13BrO2S. The third kappa shape index (κ3) is 2.97. The fraction of sp³-hybridized carbons (Fsp3) is 0.176. The molecule has 0 N–H and O–H groups in total. The molecular weight excluding hydrogens is 348 g/mol. The summed E-state index contributed by atoms with van der Waals surface area (Å²) in [6.07, 6.45) is 0.587. The molecule has 2 nitrogen and oxygen atoms in total. The van der Waals surface area contributed by atoms with Gasteiger partial charge in [0, 0.05) is 20.5 Å². The first-order chi connectivity index (χ1) is 10.2. The minimum atomic E-state index is -0.498. The highest BCUT2D eigenvalue weighted by molar-refractivity contribution is 9.10. The van der Waals surface area contributed by atoms with Crippen molar-refractivity contribution >= 4 is 39.3 Å². The minimum Gasteiger partial charge on any atom is -0.293 e. The van der Waals surface area contributed by atoms with E-state index in [4.69, 9.17) is 0 Å². The van der Waals surface area contributed by atoms with E-state index < -0.39 is 5.92 Å². The quantitative estimate of drug-likeness (QED) is 0.588. The van der Waals surface area contributed by atoms with Crippen LogP contribution in [0.4, 0.5) is 0 Å². The molecule has 1 aliphatic rings. The Hall–Kier alpha value is -1.39. The van der Waals surface area contributed by atoms with Gasteiger partial charge >= 0.3 is 0 Å². The molecule has 0 unspecified atom stereocenters. The Morgan fingerprint density at radius 2 is 1.62 bits per heavy atom. The van der Waals surface area contributed by atoms with E-state index in [1.165, 1.54) is 0 Å². The monoisotopic (exact) mass is 360 g/mol. The molecule has 0 atom stereocenters. The highest BCUT2D eigenvalue weighted by atomic mass is 79.9. The number of thioether (sulfide) groups is 1. The van der Waals surface area contributed by atoms with E-state index in [1.807, 2.05) is 36.4 Å². The van der Waals surface area contributed by atoms with Gasteiger partial charge < -0.3 is 0 Å². The van der Waals surface area contributed by atoms with Gasteiger partial charge in [0.05, 0.1) is 5.92 Å². The van der Waals surface area contributed by atoms with Gasteiger partial charge in [-0.15, -0.1) is 11.8 Å². The Bertz CT molecular complexity index is 676. The zero-order chi connectivity index (χ0) is 14.8. The number of Topliss-reactive ketones (excluding diaryl/α,β-unsaturated/α-hetero) is 2. The molecule has 106 valence electrons. The lowest BCUT2D eigenvalue weighted by molar-refractivity contribution is 0.0836. The Morgan fingerprint density at radius 1 is 0.952 bits per heavy atom. The molecule has 0 spiro atoms. The molecule has 0 radical (unpaired) electrons. The van der Waals surface area contributed by atoms with E-state index >= 15 is 0 Å². The average molecular weight is 361 g/mol. The van der Waals surface area contributed by atoms with E-state index in [0.29, 0.717) is 17.5 Å². The molecule has 0 amide bonds. The van der Waals surface area contributed by atoms with Gasteiger partial charge in [0.25, 0.3) is 0 Å². The van der Waals surface area contributed by atoms with E-state index in [1.54, 1.807) is 23.9 Å². The van der Waals surface area contributed by atoms with E-state index in [2.05, 4.69) is 15.9 Å². The maximum Gasteiger partial charge on any atom is 0.174 e. The van der Waals surface area contributed by atoms with Gasteiger partial charge in [0.15, 0.2) is 11.6 Å². The lowest BCUT2D eigenvalue weighted by atomic mass is 10.0. The molecule has 4 heteroatoms. The van der Waals surface area contributed by atoms with Crippen LogP contribution in [0.3, 0.4) is 0 Å². The van der Waals surface area contributed by atoms with Crippen LogP contribution in [0, 0.1) is 5.92 Å². The van der Waals surface area contributed by atoms with E-state index in [-0.39, 0.29) is 11.6 Å². The molecule has 2 aromatic carbocycles. The number of halogens is 1. The molecule has 21 heavy (non-hydrogen) atoms. The SMILES string of the molecule is O=C1c2ccccc2C(=O)C1CCSc1cccc(Br)c1. The van der Waals surface area contributed by atoms with Crippen LogP contribution in [0.2, 0.25) is 0 Å². The summed E-state index contributed by atoms with van der Waals surface area (Å²) in [6.45, 7) is 0.